The van der Waals surface area contributed by atoms with Crippen LogP contribution in [0.5, 0.6) is 5.75 Å². The second-order valence-electron chi connectivity index (χ2n) is 6.15. The minimum atomic E-state index is -0.0516. The summed E-state index contributed by atoms with van der Waals surface area (Å²) in [7, 11) is 0. The first-order valence-electron chi connectivity index (χ1n) is 8.24. The van der Waals surface area contributed by atoms with Gasteiger partial charge >= 0.3 is 0 Å². The fourth-order valence-corrected chi connectivity index (χ4v) is 4.96. The molecular formula is C19H16Cl2N2O2S. The third kappa shape index (κ3) is 3.11. The number of benzene rings is 2. The number of piperazine rings is 1. The number of rotatable bonds is 2. The number of halogens is 2. The monoisotopic (exact) mass is 406 g/mol. The zero-order valence-electron chi connectivity index (χ0n) is 13.8. The number of phenols is 1. The molecule has 0 atom stereocenters. The average molecular weight is 407 g/mol. The summed E-state index contributed by atoms with van der Waals surface area (Å²) >= 11 is 13.9. The van der Waals surface area contributed by atoms with Gasteiger partial charge in [0.25, 0.3) is 5.91 Å². The Bertz CT molecular complexity index is 981. The molecule has 0 aliphatic carbocycles. The van der Waals surface area contributed by atoms with Gasteiger partial charge in [0.15, 0.2) is 0 Å². The number of thiophene rings is 1. The minimum Gasteiger partial charge on any atom is -0.506 e. The van der Waals surface area contributed by atoms with E-state index in [1.165, 1.54) is 11.3 Å². The van der Waals surface area contributed by atoms with E-state index < -0.39 is 0 Å². The molecule has 1 aliphatic rings. The van der Waals surface area contributed by atoms with Crippen LogP contribution in [0.1, 0.15) is 9.67 Å². The van der Waals surface area contributed by atoms with Crippen LogP contribution in [0.3, 0.4) is 0 Å². The topological polar surface area (TPSA) is 43.8 Å². The van der Waals surface area contributed by atoms with Crippen molar-refractivity contribution in [1.29, 1.82) is 0 Å². The summed E-state index contributed by atoms with van der Waals surface area (Å²) in [6.07, 6.45) is 0. The standard InChI is InChI=1S/C19H16Cl2N2O2S/c20-12-5-6-13-16(11-12)26-18(17(13)21)19(25)23-9-7-22(8-10-23)14-3-1-2-4-15(14)24/h1-6,11,24H,7-10H2. The Kier molecular flexibility index (Phi) is 4.69. The largest absolute Gasteiger partial charge is 0.506 e. The average Bonchev–Trinajstić information content (AvgIpc) is 2.97. The highest BCUT2D eigenvalue weighted by atomic mass is 35.5. The van der Waals surface area contributed by atoms with Gasteiger partial charge in [-0.05, 0) is 24.3 Å². The predicted octanol–water partition coefficient (Wildman–Crippen LogP) is 4.88. The zero-order valence-corrected chi connectivity index (χ0v) is 16.1. The fraction of sp³-hybridized carbons (Fsp3) is 0.211. The van der Waals surface area contributed by atoms with Crippen molar-refractivity contribution in [1.82, 2.24) is 4.90 Å². The van der Waals surface area contributed by atoms with Gasteiger partial charge in [-0.15, -0.1) is 11.3 Å². The molecule has 0 radical (unpaired) electrons. The highest BCUT2D eigenvalue weighted by Gasteiger charge is 2.26. The Labute approximate surface area is 165 Å². The first-order valence-corrected chi connectivity index (χ1v) is 9.81. The van der Waals surface area contributed by atoms with Crippen molar-refractivity contribution in [3.63, 3.8) is 0 Å². The van der Waals surface area contributed by atoms with Gasteiger partial charge in [0.05, 0.1) is 10.7 Å². The van der Waals surface area contributed by atoms with Gasteiger partial charge in [-0.2, -0.15) is 0 Å². The van der Waals surface area contributed by atoms with Crippen LogP contribution in [-0.4, -0.2) is 42.1 Å². The van der Waals surface area contributed by atoms with E-state index in [2.05, 4.69) is 4.90 Å². The van der Waals surface area contributed by atoms with Crippen molar-refractivity contribution in [2.24, 2.45) is 0 Å². The van der Waals surface area contributed by atoms with Crippen LogP contribution >= 0.6 is 34.5 Å². The van der Waals surface area contributed by atoms with E-state index in [4.69, 9.17) is 23.2 Å². The van der Waals surface area contributed by atoms with E-state index in [0.29, 0.717) is 41.1 Å². The van der Waals surface area contributed by atoms with Crippen molar-refractivity contribution < 1.29 is 9.90 Å². The van der Waals surface area contributed by atoms with Gasteiger partial charge < -0.3 is 14.9 Å². The van der Waals surface area contributed by atoms with E-state index in [9.17, 15) is 9.90 Å². The SMILES string of the molecule is O=C(c1sc2cc(Cl)ccc2c1Cl)N1CCN(c2ccccc2O)CC1. The number of anilines is 1. The lowest BCUT2D eigenvalue weighted by Gasteiger charge is -2.36. The second kappa shape index (κ2) is 6.99. The predicted molar refractivity (Wildman–Crippen MR) is 108 cm³/mol. The van der Waals surface area contributed by atoms with Crippen molar-refractivity contribution in [3.8, 4) is 5.75 Å². The Morgan fingerprint density at radius 3 is 2.50 bits per heavy atom. The summed E-state index contributed by atoms with van der Waals surface area (Å²) in [5.41, 5.74) is 0.800. The molecule has 4 nitrogen and oxygen atoms in total. The maximum atomic E-state index is 12.9. The molecule has 1 aliphatic heterocycles. The molecule has 0 bridgehead atoms. The van der Waals surface area contributed by atoms with E-state index in [1.54, 1.807) is 18.2 Å². The molecular weight excluding hydrogens is 391 g/mol. The Morgan fingerprint density at radius 2 is 1.77 bits per heavy atom. The van der Waals surface area contributed by atoms with Gasteiger partial charge in [-0.1, -0.05) is 41.4 Å². The number of hydrogen-bond donors (Lipinski definition) is 1. The first kappa shape index (κ1) is 17.5. The molecule has 0 spiro atoms. The summed E-state index contributed by atoms with van der Waals surface area (Å²) < 4.78 is 0.915. The van der Waals surface area contributed by atoms with Gasteiger partial charge in [0.1, 0.15) is 10.6 Å². The van der Waals surface area contributed by atoms with Crippen LogP contribution in [0.4, 0.5) is 5.69 Å². The van der Waals surface area contributed by atoms with E-state index in [-0.39, 0.29) is 11.7 Å². The van der Waals surface area contributed by atoms with Crippen molar-refractivity contribution in [3.05, 3.63) is 57.4 Å². The Balaban J connectivity index is 1.52. The van der Waals surface area contributed by atoms with Crippen LogP contribution in [0, 0.1) is 0 Å². The molecule has 1 N–H and O–H groups in total. The van der Waals surface area contributed by atoms with Crippen molar-refractivity contribution in [2.75, 3.05) is 31.1 Å². The molecule has 0 unspecified atom stereocenters. The number of fused-ring (bicyclic) bond motifs is 1. The number of phenolic OH excluding ortho intramolecular Hbond substituents is 1. The lowest BCUT2D eigenvalue weighted by molar-refractivity contribution is 0.0752. The van der Waals surface area contributed by atoms with E-state index in [1.807, 2.05) is 29.2 Å². The fourth-order valence-electron chi connectivity index (χ4n) is 3.20. The van der Waals surface area contributed by atoms with Gasteiger partial charge in [-0.3, -0.25) is 4.79 Å². The molecule has 2 heterocycles. The smallest absolute Gasteiger partial charge is 0.265 e. The Morgan fingerprint density at radius 1 is 1.04 bits per heavy atom. The van der Waals surface area contributed by atoms with Crippen LogP contribution in [0.25, 0.3) is 10.1 Å². The van der Waals surface area contributed by atoms with E-state index >= 15 is 0 Å². The van der Waals surface area contributed by atoms with Crippen molar-refractivity contribution in [2.45, 2.75) is 0 Å². The van der Waals surface area contributed by atoms with Gasteiger partial charge in [0.2, 0.25) is 0 Å². The molecule has 4 rings (SSSR count). The van der Waals surface area contributed by atoms with Crippen LogP contribution in [0.2, 0.25) is 10.0 Å². The zero-order chi connectivity index (χ0) is 18.3. The van der Waals surface area contributed by atoms with Crippen LogP contribution < -0.4 is 4.90 Å². The van der Waals surface area contributed by atoms with Gasteiger partial charge in [0, 0.05) is 41.3 Å². The summed E-state index contributed by atoms with van der Waals surface area (Å²) in [6.45, 7) is 2.49. The van der Waals surface area contributed by atoms with Crippen molar-refractivity contribution >= 4 is 56.2 Å². The molecule has 2 aromatic carbocycles. The van der Waals surface area contributed by atoms with E-state index in [0.717, 1.165) is 15.8 Å². The number of carbonyl (C=O) groups excluding carboxylic acids is 1. The van der Waals surface area contributed by atoms with Crippen LogP contribution in [0.15, 0.2) is 42.5 Å². The maximum Gasteiger partial charge on any atom is 0.265 e. The molecule has 1 aromatic heterocycles. The third-order valence-electron chi connectivity index (χ3n) is 4.58. The summed E-state index contributed by atoms with van der Waals surface area (Å²) in [5.74, 6) is 0.209. The lowest BCUT2D eigenvalue weighted by atomic mass is 10.2. The summed E-state index contributed by atoms with van der Waals surface area (Å²) in [6, 6.07) is 12.7. The van der Waals surface area contributed by atoms with Crippen LogP contribution in [-0.2, 0) is 0 Å². The molecule has 0 saturated carbocycles. The molecule has 1 amide bonds. The minimum absolute atomic E-state index is 0.0516. The molecule has 26 heavy (non-hydrogen) atoms. The molecule has 134 valence electrons. The number of hydrogen-bond acceptors (Lipinski definition) is 4. The molecule has 3 aromatic rings. The number of aromatic hydroxyl groups is 1. The highest BCUT2D eigenvalue weighted by Crippen LogP contribution is 2.37. The Hall–Kier alpha value is -1.95. The molecule has 1 fully saturated rings. The van der Waals surface area contributed by atoms with Gasteiger partial charge in [-0.25, -0.2) is 0 Å². The molecule has 1 saturated heterocycles. The maximum absolute atomic E-state index is 12.9. The number of amides is 1. The normalized spacial score (nSPS) is 14.8. The summed E-state index contributed by atoms with van der Waals surface area (Å²) in [5, 5.41) is 12.0. The summed E-state index contributed by atoms with van der Waals surface area (Å²) in [4.78, 5) is 17.4. The second-order valence-corrected chi connectivity index (χ2v) is 8.02. The highest BCUT2D eigenvalue weighted by molar-refractivity contribution is 7.21. The first-order chi connectivity index (χ1) is 12.5. The number of carbonyl (C=O) groups is 1. The number of nitrogens with zero attached hydrogens (tertiary/aromatic N) is 2. The third-order valence-corrected chi connectivity index (χ3v) is 6.46. The number of para-hydroxylation sites is 2. The molecule has 7 heteroatoms. The lowest BCUT2D eigenvalue weighted by Crippen LogP contribution is -2.48. The quantitative estimate of drug-likeness (QED) is 0.659.